The zero-order valence-electron chi connectivity index (χ0n) is 13.9. The molecule has 2 aliphatic rings. The lowest BCUT2D eigenvalue weighted by molar-refractivity contribution is -0.117. The lowest BCUT2D eigenvalue weighted by atomic mass is 10.1. The molecule has 1 aliphatic heterocycles. The molecule has 0 bridgehead atoms. The second-order valence-corrected chi connectivity index (χ2v) is 6.61. The second kappa shape index (κ2) is 6.20. The highest BCUT2D eigenvalue weighted by atomic mass is 16.2. The number of carbonyl (C=O) groups excluding carboxylic acids is 2. The largest absolute Gasteiger partial charge is 0.312 e. The second-order valence-electron chi connectivity index (χ2n) is 6.61. The first-order valence-corrected chi connectivity index (χ1v) is 8.58. The summed E-state index contributed by atoms with van der Waals surface area (Å²) in [5.74, 6) is 0.947. The fourth-order valence-corrected chi connectivity index (χ4v) is 3.09. The Labute approximate surface area is 145 Å². The van der Waals surface area contributed by atoms with Gasteiger partial charge in [-0.2, -0.15) is 5.10 Å². The maximum absolute atomic E-state index is 12.4. The molecule has 0 spiro atoms. The van der Waals surface area contributed by atoms with Gasteiger partial charge >= 0.3 is 0 Å². The predicted octanol–water partition coefficient (Wildman–Crippen LogP) is 3.07. The average molecular weight is 336 g/mol. The van der Waals surface area contributed by atoms with Crippen LogP contribution in [0, 0.1) is 0 Å². The fourth-order valence-electron chi connectivity index (χ4n) is 3.09. The van der Waals surface area contributed by atoms with Crippen LogP contribution in [0.15, 0.2) is 36.9 Å². The summed E-state index contributed by atoms with van der Waals surface area (Å²) >= 11 is 0. The highest BCUT2D eigenvalue weighted by Crippen LogP contribution is 2.39. The van der Waals surface area contributed by atoms with Gasteiger partial charge in [-0.15, -0.1) is 0 Å². The number of benzene rings is 1. The molecular formula is C19H20N4O2. The topological polar surface area (TPSA) is 78.1 Å². The lowest BCUT2D eigenvalue weighted by Gasteiger charge is -2.16. The summed E-state index contributed by atoms with van der Waals surface area (Å²) in [7, 11) is 0. The molecule has 25 heavy (non-hydrogen) atoms. The van der Waals surface area contributed by atoms with Crippen molar-refractivity contribution in [2.45, 2.75) is 31.6 Å². The molecule has 1 saturated carbocycles. The first-order chi connectivity index (χ1) is 12.1. The third kappa shape index (κ3) is 3.20. The van der Waals surface area contributed by atoms with Crippen molar-refractivity contribution in [3.05, 3.63) is 48.2 Å². The van der Waals surface area contributed by atoms with E-state index in [1.54, 1.807) is 4.90 Å². The smallest absolute Gasteiger partial charge is 0.256 e. The van der Waals surface area contributed by atoms with E-state index in [0.29, 0.717) is 23.7 Å². The molecule has 1 aromatic heterocycles. The van der Waals surface area contributed by atoms with Crippen LogP contribution in [0.25, 0.3) is 5.57 Å². The minimum atomic E-state index is -0.279. The minimum Gasteiger partial charge on any atom is -0.312 e. The summed E-state index contributed by atoms with van der Waals surface area (Å²) in [6.07, 6.45) is 3.84. The van der Waals surface area contributed by atoms with E-state index in [-0.39, 0.29) is 11.8 Å². The third-order valence-corrected chi connectivity index (χ3v) is 4.73. The zero-order valence-corrected chi connectivity index (χ0v) is 13.9. The molecule has 2 aromatic rings. The number of H-pyrrole nitrogens is 1. The quantitative estimate of drug-likeness (QED) is 0.824. The Hall–Kier alpha value is -2.89. The van der Waals surface area contributed by atoms with Gasteiger partial charge in [-0.05, 0) is 37.0 Å². The molecule has 2 heterocycles. The van der Waals surface area contributed by atoms with Gasteiger partial charge in [0.15, 0.2) is 5.82 Å². The molecule has 0 radical (unpaired) electrons. The molecule has 0 unspecified atom stereocenters. The molecule has 2 fully saturated rings. The van der Waals surface area contributed by atoms with Crippen molar-refractivity contribution in [3.8, 4) is 0 Å². The highest BCUT2D eigenvalue weighted by molar-refractivity contribution is 6.24. The van der Waals surface area contributed by atoms with Gasteiger partial charge in [0.1, 0.15) is 0 Å². The Bertz CT molecular complexity index is 833. The number of nitrogens with zero attached hydrogens (tertiary/aromatic N) is 2. The Morgan fingerprint density at radius 3 is 2.68 bits per heavy atom. The maximum Gasteiger partial charge on any atom is 0.256 e. The van der Waals surface area contributed by atoms with Gasteiger partial charge in [0.25, 0.3) is 5.91 Å². The fraction of sp³-hybridized carbons (Fsp3) is 0.316. The van der Waals surface area contributed by atoms with Crippen LogP contribution in [0.3, 0.4) is 0 Å². The first kappa shape index (κ1) is 15.6. The van der Waals surface area contributed by atoms with Crippen molar-refractivity contribution >= 4 is 28.9 Å². The summed E-state index contributed by atoms with van der Waals surface area (Å²) in [5.41, 5.74) is 3.03. The van der Waals surface area contributed by atoms with E-state index in [2.05, 4.69) is 22.1 Å². The summed E-state index contributed by atoms with van der Waals surface area (Å²) in [6.45, 7) is 4.64. The van der Waals surface area contributed by atoms with Crippen LogP contribution >= 0.6 is 0 Å². The van der Waals surface area contributed by atoms with Crippen molar-refractivity contribution in [2.75, 3.05) is 16.8 Å². The van der Waals surface area contributed by atoms with Crippen LogP contribution in [0.5, 0.6) is 0 Å². The molecule has 2 amide bonds. The molecule has 1 saturated heterocycles. The highest BCUT2D eigenvalue weighted by Gasteiger charge is 2.26. The molecule has 0 atom stereocenters. The molecule has 6 nitrogen and oxygen atoms in total. The van der Waals surface area contributed by atoms with Crippen LogP contribution < -0.4 is 10.2 Å². The Morgan fingerprint density at radius 2 is 2.04 bits per heavy atom. The van der Waals surface area contributed by atoms with E-state index in [1.165, 1.54) is 12.8 Å². The van der Waals surface area contributed by atoms with E-state index in [4.69, 9.17) is 0 Å². The molecule has 1 aromatic carbocycles. The number of anilines is 2. The number of carbonyl (C=O) groups is 2. The standard InChI is InChI=1S/C19H20N4O2/c1-12(19(25)20-17-11-16(21-22-17)14-4-5-14)13-6-8-15(9-7-13)23-10-2-3-18(23)24/h6-9,11,14H,1-5,10H2,(H2,20,21,22,25). The monoisotopic (exact) mass is 336 g/mol. The number of rotatable bonds is 5. The van der Waals surface area contributed by atoms with Gasteiger partial charge in [0.05, 0.1) is 0 Å². The van der Waals surface area contributed by atoms with Crippen LogP contribution in [0.1, 0.15) is 42.9 Å². The van der Waals surface area contributed by atoms with Crippen molar-refractivity contribution in [2.24, 2.45) is 0 Å². The van der Waals surface area contributed by atoms with Gasteiger partial charge < -0.3 is 10.2 Å². The zero-order chi connectivity index (χ0) is 17.4. The van der Waals surface area contributed by atoms with Crippen LogP contribution in [-0.4, -0.2) is 28.6 Å². The van der Waals surface area contributed by atoms with E-state index in [0.717, 1.165) is 29.9 Å². The summed E-state index contributed by atoms with van der Waals surface area (Å²) in [4.78, 5) is 25.9. The number of hydrogen-bond donors (Lipinski definition) is 2. The molecule has 128 valence electrons. The Balaban J connectivity index is 1.42. The summed E-state index contributed by atoms with van der Waals surface area (Å²) < 4.78 is 0. The number of amides is 2. The van der Waals surface area contributed by atoms with E-state index >= 15 is 0 Å². The van der Waals surface area contributed by atoms with E-state index in [9.17, 15) is 9.59 Å². The van der Waals surface area contributed by atoms with Gasteiger partial charge in [0, 0.05) is 41.9 Å². The van der Waals surface area contributed by atoms with Crippen molar-refractivity contribution < 1.29 is 9.59 Å². The predicted molar refractivity (Wildman–Crippen MR) is 96.3 cm³/mol. The van der Waals surface area contributed by atoms with Gasteiger partial charge in [-0.1, -0.05) is 18.7 Å². The summed E-state index contributed by atoms with van der Waals surface area (Å²) in [6, 6.07) is 9.24. The lowest BCUT2D eigenvalue weighted by Crippen LogP contribution is -2.23. The van der Waals surface area contributed by atoms with Crippen LogP contribution in [-0.2, 0) is 9.59 Å². The molecule has 6 heteroatoms. The molecule has 2 N–H and O–H groups in total. The number of hydrogen-bond acceptors (Lipinski definition) is 3. The third-order valence-electron chi connectivity index (χ3n) is 4.73. The SMILES string of the molecule is C=C(C(=O)Nc1cc(C2CC2)[nH]n1)c1ccc(N2CCCC2=O)cc1. The molecular weight excluding hydrogens is 316 g/mol. The Morgan fingerprint density at radius 1 is 1.28 bits per heavy atom. The van der Waals surface area contributed by atoms with E-state index in [1.807, 2.05) is 30.3 Å². The first-order valence-electron chi connectivity index (χ1n) is 8.58. The summed E-state index contributed by atoms with van der Waals surface area (Å²) in [5, 5.41) is 9.86. The minimum absolute atomic E-state index is 0.148. The van der Waals surface area contributed by atoms with Gasteiger partial charge in [-0.3, -0.25) is 14.7 Å². The van der Waals surface area contributed by atoms with E-state index < -0.39 is 0 Å². The van der Waals surface area contributed by atoms with Crippen molar-refractivity contribution in [3.63, 3.8) is 0 Å². The van der Waals surface area contributed by atoms with Gasteiger partial charge in [-0.25, -0.2) is 0 Å². The van der Waals surface area contributed by atoms with Crippen molar-refractivity contribution in [1.82, 2.24) is 10.2 Å². The average Bonchev–Trinajstić information content (AvgIpc) is 3.22. The van der Waals surface area contributed by atoms with Crippen LogP contribution in [0.4, 0.5) is 11.5 Å². The van der Waals surface area contributed by atoms with Crippen molar-refractivity contribution in [1.29, 1.82) is 0 Å². The Kier molecular flexibility index (Phi) is 3.87. The number of nitrogens with one attached hydrogen (secondary N) is 2. The number of aromatic amines is 1. The molecule has 4 rings (SSSR count). The number of aromatic nitrogens is 2. The van der Waals surface area contributed by atoms with Crippen LogP contribution in [0.2, 0.25) is 0 Å². The normalized spacial score (nSPS) is 17.0. The van der Waals surface area contributed by atoms with Gasteiger partial charge in [0.2, 0.25) is 5.91 Å². The molecule has 1 aliphatic carbocycles. The maximum atomic E-state index is 12.4.